The number of fused-ring (bicyclic) bond motifs is 1. The van der Waals surface area contributed by atoms with Crippen molar-refractivity contribution in [2.75, 3.05) is 30.4 Å². The van der Waals surface area contributed by atoms with Crippen molar-refractivity contribution in [2.45, 2.75) is 37.6 Å². The molecule has 0 aliphatic heterocycles. The fraction of sp³-hybridized carbons (Fsp3) is 0.250. The van der Waals surface area contributed by atoms with E-state index in [2.05, 4.69) is 15.4 Å². The van der Waals surface area contributed by atoms with Gasteiger partial charge in [-0.2, -0.15) is 4.98 Å². The molecular formula is C36H37FN6O8S. The number of ether oxygens (including phenoxy) is 3. The van der Waals surface area contributed by atoms with Crippen LogP contribution in [-0.2, 0) is 35.3 Å². The van der Waals surface area contributed by atoms with Crippen LogP contribution in [0.2, 0.25) is 0 Å². The first-order valence-electron chi connectivity index (χ1n) is 15.9. The zero-order valence-electron chi connectivity index (χ0n) is 29.0. The van der Waals surface area contributed by atoms with Crippen molar-refractivity contribution < 1.29 is 41.4 Å². The topological polar surface area (TPSA) is 185 Å². The molecule has 0 aliphatic rings. The molecule has 52 heavy (non-hydrogen) atoms. The van der Waals surface area contributed by atoms with Gasteiger partial charge in [0.1, 0.15) is 17.1 Å². The van der Waals surface area contributed by atoms with Gasteiger partial charge in [-0.3, -0.25) is 4.79 Å². The number of carbonyl (C=O) groups excluding carboxylic acids is 3. The van der Waals surface area contributed by atoms with Crippen molar-refractivity contribution in [3.05, 3.63) is 96.4 Å². The highest BCUT2D eigenvalue weighted by Gasteiger charge is 2.34. The highest BCUT2D eigenvalue weighted by Crippen LogP contribution is 2.35. The van der Waals surface area contributed by atoms with Gasteiger partial charge in [0.25, 0.3) is 5.95 Å². The summed E-state index contributed by atoms with van der Waals surface area (Å²) in [4.78, 5) is 44.1. The molecule has 5 rings (SSSR count). The van der Waals surface area contributed by atoms with Gasteiger partial charge in [-0.05, 0) is 72.5 Å². The lowest BCUT2D eigenvalue weighted by Gasteiger charge is -2.26. The molecule has 0 radical (unpaired) electrons. The van der Waals surface area contributed by atoms with Crippen LogP contribution in [0.15, 0.2) is 90.0 Å². The molecule has 5 aromatic rings. The molecule has 2 amide bonds. The zero-order valence-corrected chi connectivity index (χ0v) is 29.8. The molecular weight excluding hydrogens is 695 g/mol. The molecule has 0 saturated heterocycles. The van der Waals surface area contributed by atoms with E-state index >= 15 is 0 Å². The number of anilines is 3. The molecule has 0 aliphatic carbocycles. The van der Waals surface area contributed by atoms with Gasteiger partial charge in [0, 0.05) is 29.8 Å². The largest absolute Gasteiger partial charge is 0.495 e. The fourth-order valence-electron chi connectivity index (χ4n) is 4.83. The summed E-state index contributed by atoms with van der Waals surface area (Å²) < 4.78 is 55.0. The monoisotopic (exact) mass is 732 g/mol. The van der Waals surface area contributed by atoms with Crippen molar-refractivity contribution in [1.29, 1.82) is 0 Å². The number of amides is 2. The van der Waals surface area contributed by atoms with Crippen molar-refractivity contribution >= 4 is 50.8 Å². The lowest BCUT2D eigenvalue weighted by molar-refractivity contribution is -0.159. The SMILES string of the molecule is COc1cc(S(C)(=O)=O)ccc1N(C(=O)OCOC(=O)C(C)(N)C(C)C)c1nc2ccc(-c3ccc(NC(=O)Cc4ccc(F)cc4)cc3)cn2n1. The molecule has 16 heteroatoms. The number of nitrogens with two attached hydrogens (primary N) is 1. The summed E-state index contributed by atoms with van der Waals surface area (Å²) in [6, 6.07) is 20.1. The number of esters is 1. The number of methoxy groups -OCH3 is 1. The fourth-order valence-corrected chi connectivity index (χ4v) is 5.46. The average Bonchev–Trinajstić information content (AvgIpc) is 3.52. The molecule has 0 fully saturated rings. The zero-order chi connectivity index (χ0) is 37.8. The van der Waals surface area contributed by atoms with Crippen molar-refractivity contribution in [3.8, 4) is 16.9 Å². The molecule has 0 saturated carbocycles. The second-order valence-electron chi connectivity index (χ2n) is 12.4. The van der Waals surface area contributed by atoms with E-state index in [1.807, 2.05) is 0 Å². The molecule has 3 N–H and O–H groups in total. The van der Waals surface area contributed by atoms with E-state index in [0.29, 0.717) is 16.9 Å². The maximum atomic E-state index is 13.6. The van der Waals surface area contributed by atoms with Crippen LogP contribution in [0.1, 0.15) is 26.3 Å². The number of benzene rings is 3. The van der Waals surface area contributed by atoms with Gasteiger partial charge in [-0.25, -0.2) is 31.8 Å². The summed E-state index contributed by atoms with van der Waals surface area (Å²) in [7, 11) is -2.33. The molecule has 1 unspecified atom stereocenters. The summed E-state index contributed by atoms with van der Waals surface area (Å²) in [6.45, 7) is 4.21. The highest BCUT2D eigenvalue weighted by atomic mass is 32.2. The van der Waals surface area contributed by atoms with Crippen molar-refractivity contribution in [1.82, 2.24) is 14.6 Å². The third-order valence-electron chi connectivity index (χ3n) is 8.31. The second kappa shape index (κ2) is 15.2. The van der Waals surface area contributed by atoms with Crippen LogP contribution in [0.25, 0.3) is 16.8 Å². The van der Waals surface area contributed by atoms with Crippen LogP contribution < -0.4 is 20.7 Å². The van der Waals surface area contributed by atoms with Gasteiger partial charge < -0.3 is 25.3 Å². The highest BCUT2D eigenvalue weighted by molar-refractivity contribution is 7.90. The Labute approximate surface area is 299 Å². The van der Waals surface area contributed by atoms with E-state index in [0.717, 1.165) is 22.3 Å². The van der Waals surface area contributed by atoms with Gasteiger partial charge in [0.2, 0.25) is 12.7 Å². The summed E-state index contributed by atoms with van der Waals surface area (Å²) in [6.07, 6.45) is 1.74. The first kappa shape index (κ1) is 37.4. The summed E-state index contributed by atoms with van der Waals surface area (Å²) in [5, 5.41) is 7.32. The second-order valence-corrected chi connectivity index (χ2v) is 14.4. The number of hydrogen-bond donors (Lipinski definition) is 2. The van der Waals surface area contributed by atoms with Crippen LogP contribution in [-0.4, -0.2) is 66.7 Å². The predicted molar refractivity (Wildman–Crippen MR) is 190 cm³/mol. The van der Waals surface area contributed by atoms with Crippen LogP contribution in [0.4, 0.5) is 26.5 Å². The van der Waals surface area contributed by atoms with Crippen LogP contribution in [0.3, 0.4) is 0 Å². The van der Waals surface area contributed by atoms with E-state index in [1.54, 1.807) is 68.6 Å². The van der Waals surface area contributed by atoms with Crippen LogP contribution in [0.5, 0.6) is 5.75 Å². The van der Waals surface area contributed by atoms with E-state index in [4.69, 9.17) is 19.9 Å². The van der Waals surface area contributed by atoms with Gasteiger partial charge in [-0.1, -0.05) is 38.1 Å². The first-order chi connectivity index (χ1) is 24.6. The van der Waals surface area contributed by atoms with Crippen molar-refractivity contribution in [3.63, 3.8) is 0 Å². The Balaban J connectivity index is 1.40. The van der Waals surface area contributed by atoms with Crippen LogP contribution >= 0.6 is 0 Å². The van der Waals surface area contributed by atoms with Gasteiger partial charge in [0.15, 0.2) is 15.5 Å². The maximum Gasteiger partial charge on any atom is 0.424 e. The minimum absolute atomic E-state index is 0.00407. The number of nitrogens with zero attached hydrogens (tertiary/aromatic N) is 4. The smallest absolute Gasteiger partial charge is 0.424 e. The van der Waals surface area contributed by atoms with E-state index in [9.17, 15) is 27.2 Å². The molecule has 3 aromatic carbocycles. The predicted octanol–water partition coefficient (Wildman–Crippen LogP) is 5.28. The van der Waals surface area contributed by atoms with E-state index in [1.165, 1.54) is 48.9 Å². The number of pyridine rings is 1. The molecule has 14 nitrogen and oxygen atoms in total. The van der Waals surface area contributed by atoms with Gasteiger partial charge in [-0.15, -0.1) is 5.10 Å². The van der Waals surface area contributed by atoms with E-state index < -0.39 is 34.2 Å². The normalized spacial score (nSPS) is 12.6. The third-order valence-corrected chi connectivity index (χ3v) is 9.42. The molecule has 2 heterocycles. The summed E-state index contributed by atoms with van der Waals surface area (Å²) >= 11 is 0. The quantitative estimate of drug-likeness (QED) is 0.126. The summed E-state index contributed by atoms with van der Waals surface area (Å²) in [5.41, 5.74) is 7.86. The molecule has 272 valence electrons. The number of carbonyl (C=O) groups is 3. The number of halogens is 1. The molecule has 0 bridgehead atoms. The Morgan fingerprint density at radius 1 is 0.981 bits per heavy atom. The van der Waals surface area contributed by atoms with Gasteiger partial charge >= 0.3 is 12.1 Å². The lowest BCUT2D eigenvalue weighted by Crippen LogP contribution is -2.50. The Kier molecular flexibility index (Phi) is 10.9. The van der Waals surface area contributed by atoms with Crippen molar-refractivity contribution in [2.24, 2.45) is 11.7 Å². The Hall–Kier alpha value is -5.87. The Morgan fingerprint density at radius 2 is 1.65 bits per heavy atom. The Bertz CT molecular complexity index is 2220. The maximum absolute atomic E-state index is 13.6. The molecule has 2 aromatic heterocycles. The summed E-state index contributed by atoms with van der Waals surface area (Å²) in [5.74, 6) is -1.85. The molecule has 1 atom stereocenters. The van der Waals surface area contributed by atoms with Crippen LogP contribution in [0, 0.1) is 11.7 Å². The number of sulfone groups is 1. The third kappa shape index (κ3) is 8.52. The lowest BCUT2D eigenvalue weighted by atomic mass is 9.90. The minimum Gasteiger partial charge on any atom is -0.495 e. The number of hydrogen-bond acceptors (Lipinski definition) is 11. The standard InChI is InChI=1S/C36H37FN6O8S/c1-22(2)36(3,38)33(45)50-21-51-35(46)43(29-16-15-28(52(5,47)48)19-30(29)49-4)34-40-31-17-10-25(20-42(31)41-34)24-8-13-27(14-9-24)39-32(44)18-23-6-11-26(37)12-7-23/h6-17,19-20,22H,18,21,38H2,1-5H3,(H,39,44). The average molecular weight is 733 g/mol. The number of rotatable bonds is 12. The Morgan fingerprint density at radius 3 is 2.29 bits per heavy atom. The van der Waals surface area contributed by atoms with E-state index in [-0.39, 0.29) is 46.3 Å². The minimum atomic E-state index is -3.63. The molecule has 0 spiro atoms. The first-order valence-corrected chi connectivity index (χ1v) is 17.8. The number of aromatic nitrogens is 3. The van der Waals surface area contributed by atoms with Gasteiger partial charge in [0.05, 0.1) is 24.1 Å². The number of nitrogens with one attached hydrogen (secondary N) is 1.